The lowest BCUT2D eigenvalue weighted by molar-refractivity contribution is 0.0389. The van der Waals surface area contributed by atoms with Crippen molar-refractivity contribution < 1.29 is 32.2 Å². The Morgan fingerprint density at radius 2 is 1.78 bits per heavy atom. The number of carbonyl (C=O) groups is 2. The van der Waals surface area contributed by atoms with E-state index in [9.17, 15) is 27.5 Å². The van der Waals surface area contributed by atoms with Crippen LogP contribution in [0.1, 0.15) is 24.2 Å². The number of urea groups is 1. The third kappa shape index (κ3) is 6.84. The van der Waals surface area contributed by atoms with E-state index in [1.807, 2.05) is 13.0 Å². The van der Waals surface area contributed by atoms with Crippen LogP contribution < -0.4 is 15.4 Å². The zero-order valence-electron chi connectivity index (χ0n) is 23.0. The van der Waals surface area contributed by atoms with E-state index in [4.69, 9.17) is 4.74 Å². The molecule has 10 nitrogen and oxygen atoms in total. The van der Waals surface area contributed by atoms with Gasteiger partial charge in [-0.1, -0.05) is 31.2 Å². The van der Waals surface area contributed by atoms with Crippen LogP contribution in [0.2, 0.25) is 0 Å². The first-order chi connectivity index (χ1) is 19.5. The molecule has 3 amide bonds. The van der Waals surface area contributed by atoms with Crippen molar-refractivity contribution in [2.24, 2.45) is 5.92 Å². The van der Waals surface area contributed by atoms with Crippen molar-refractivity contribution in [2.45, 2.75) is 30.9 Å². The number of rotatable bonds is 8. The Morgan fingerprint density at radius 1 is 1.10 bits per heavy atom. The quantitative estimate of drug-likeness (QED) is 0.367. The maximum atomic E-state index is 13.6. The minimum Gasteiger partial charge on any atom is -0.486 e. The predicted molar refractivity (Wildman–Crippen MR) is 153 cm³/mol. The largest absolute Gasteiger partial charge is 0.486 e. The summed E-state index contributed by atoms with van der Waals surface area (Å²) in [6, 6.07) is 17.0. The highest BCUT2D eigenvalue weighted by Gasteiger charge is 2.36. The Bertz CT molecular complexity index is 1490. The number of sulfonamides is 1. The molecule has 218 valence electrons. The molecule has 1 aliphatic heterocycles. The zero-order valence-corrected chi connectivity index (χ0v) is 23.8. The molecular weight excluding hydrogens is 551 g/mol. The summed E-state index contributed by atoms with van der Waals surface area (Å²) >= 11 is 0. The number of benzene rings is 3. The van der Waals surface area contributed by atoms with E-state index in [1.165, 1.54) is 24.1 Å². The van der Waals surface area contributed by atoms with Gasteiger partial charge >= 0.3 is 6.03 Å². The van der Waals surface area contributed by atoms with Crippen molar-refractivity contribution in [1.29, 1.82) is 0 Å². The number of aliphatic hydroxyl groups excluding tert-OH is 1. The van der Waals surface area contributed by atoms with Crippen molar-refractivity contribution in [3.05, 3.63) is 84.2 Å². The van der Waals surface area contributed by atoms with Gasteiger partial charge in [0.15, 0.2) is 5.75 Å². The van der Waals surface area contributed by atoms with Crippen LogP contribution in [-0.2, 0) is 10.0 Å². The molecule has 3 aromatic carbocycles. The second kappa shape index (κ2) is 12.7. The summed E-state index contributed by atoms with van der Waals surface area (Å²) < 4.78 is 47.4. The average molecular weight is 585 g/mol. The summed E-state index contributed by atoms with van der Waals surface area (Å²) in [6.45, 7) is 3.32. The van der Waals surface area contributed by atoms with Crippen molar-refractivity contribution >= 4 is 33.3 Å². The van der Waals surface area contributed by atoms with Gasteiger partial charge in [0.1, 0.15) is 11.9 Å². The SMILES string of the molecule is C[C@H](CO)N1C[C@H](C)[C@H](CN(C)S(=O)(=O)c2ccc(F)cc2)Oc2c(NC(=O)Nc3ccccc3)cccc2C1=O. The van der Waals surface area contributed by atoms with Crippen molar-refractivity contribution in [1.82, 2.24) is 9.21 Å². The van der Waals surface area contributed by atoms with Crippen LogP contribution in [-0.4, -0.2) is 73.6 Å². The van der Waals surface area contributed by atoms with Crippen molar-refractivity contribution in [3.8, 4) is 5.75 Å². The van der Waals surface area contributed by atoms with Crippen LogP contribution in [0.3, 0.4) is 0 Å². The van der Waals surface area contributed by atoms with Gasteiger partial charge in [-0.05, 0) is 55.5 Å². The smallest absolute Gasteiger partial charge is 0.323 e. The molecule has 0 bridgehead atoms. The van der Waals surface area contributed by atoms with Gasteiger partial charge in [-0.3, -0.25) is 4.79 Å². The normalized spacial score (nSPS) is 18.1. The summed E-state index contributed by atoms with van der Waals surface area (Å²) in [4.78, 5) is 27.9. The molecule has 4 rings (SSSR count). The van der Waals surface area contributed by atoms with Gasteiger partial charge in [-0.25, -0.2) is 17.6 Å². The number of para-hydroxylation sites is 2. The zero-order chi connectivity index (χ0) is 29.7. The molecule has 0 aliphatic carbocycles. The molecule has 1 aliphatic rings. The highest BCUT2D eigenvalue weighted by atomic mass is 32.2. The van der Waals surface area contributed by atoms with Crippen LogP contribution in [0, 0.1) is 11.7 Å². The van der Waals surface area contributed by atoms with E-state index in [1.54, 1.807) is 49.4 Å². The van der Waals surface area contributed by atoms with Crippen LogP contribution in [0.5, 0.6) is 5.75 Å². The molecule has 1 heterocycles. The standard InChI is InChI=1S/C29H33FN4O6S/c1-19-16-34(20(2)18-35)28(36)24-10-7-11-25(32-29(37)31-22-8-5-4-6-9-22)27(24)40-26(19)17-33(3)41(38,39)23-14-12-21(30)13-15-23/h4-15,19-20,26,35H,16-18H2,1-3H3,(H2,31,32,37)/t19-,20+,26-/m0/s1. The second-order valence-corrected chi connectivity index (χ2v) is 12.0. The molecule has 12 heteroatoms. The molecule has 3 aromatic rings. The first-order valence-corrected chi connectivity index (χ1v) is 14.5. The molecule has 0 spiro atoms. The summed E-state index contributed by atoms with van der Waals surface area (Å²) in [7, 11) is -2.61. The van der Waals surface area contributed by atoms with Gasteiger partial charge in [0.05, 0.1) is 35.3 Å². The number of carbonyl (C=O) groups excluding carboxylic acids is 2. The van der Waals surface area contributed by atoms with Gasteiger partial charge in [-0.15, -0.1) is 0 Å². The molecule has 0 fully saturated rings. The lowest BCUT2D eigenvalue weighted by Gasteiger charge is -2.38. The van der Waals surface area contributed by atoms with Gasteiger partial charge in [0, 0.05) is 25.2 Å². The molecule has 3 atom stereocenters. The van der Waals surface area contributed by atoms with E-state index in [-0.39, 0.29) is 41.6 Å². The molecule has 41 heavy (non-hydrogen) atoms. The third-order valence-electron chi connectivity index (χ3n) is 6.93. The number of nitrogens with one attached hydrogen (secondary N) is 2. The highest BCUT2D eigenvalue weighted by molar-refractivity contribution is 7.89. The first-order valence-electron chi connectivity index (χ1n) is 13.1. The second-order valence-electron chi connectivity index (χ2n) is 9.99. The van der Waals surface area contributed by atoms with E-state index in [0.717, 1.165) is 16.4 Å². The van der Waals surface area contributed by atoms with Gasteiger partial charge < -0.3 is 25.4 Å². The van der Waals surface area contributed by atoms with Crippen molar-refractivity contribution in [3.63, 3.8) is 0 Å². The maximum Gasteiger partial charge on any atom is 0.323 e. The minimum absolute atomic E-state index is 0.0778. The van der Waals surface area contributed by atoms with Gasteiger partial charge in [-0.2, -0.15) is 4.31 Å². The first kappa shape index (κ1) is 30.0. The number of hydrogen-bond donors (Lipinski definition) is 3. The molecule has 0 radical (unpaired) electrons. The van der Waals surface area contributed by atoms with Crippen LogP contribution >= 0.6 is 0 Å². The van der Waals surface area contributed by atoms with E-state index in [2.05, 4.69) is 10.6 Å². The molecule has 0 saturated carbocycles. The lowest BCUT2D eigenvalue weighted by atomic mass is 9.99. The number of halogens is 1. The number of aliphatic hydroxyl groups is 1. The van der Waals surface area contributed by atoms with Crippen LogP contribution in [0.15, 0.2) is 77.7 Å². The minimum atomic E-state index is -4.00. The van der Waals surface area contributed by atoms with Crippen molar-refractivity contribution in [2.75, 3.05) is 37.4 Å². The fourth-order valence-electron chi connectivity index (χ4n) is 4.50. The molecule has 0 saturated heterocycles. The Hall–Kier alpha value is -4.00. The van der Waals surface area contributed by atoms with E-state index in [0.29, 0.717) is 5.69 Å². The fourth-order valence-corrected chi connectivity index (χ4v) is 5.69. The number of anilines is 2. The van der Waals surface area contributed by atoms with Gasteiger partial charge in [0.2, 0.25) is 10.0 Å². The number of fused-ring (bicyclic) bond motifs is 1. The summed E-state index contributed by atoms with van der Waals surface area (Å²) in [5.74, 6) is -1.26. The number of amides is 3. The monoisotopic (exact) mass is 584 g/mol. The number of likely N-dealkylation sites (N-methyl/N-ethyl adjacent to an activating group) is 1. The molecular formula is C29H33FN4O6S. The van der Waals surface area contributed by atoms with Crippen LogP contribution in [0.4, 0.5) is 20.6 Å². The average Bonchev–Trinajstić information content (AvgIpc) is 2.95. The third-order valence-corrected chi connectivity index (χ3v) is 8.77. The predicted octanol–water partition coefficient (Wildman–Crippen LogP) is 4.01. The number of ether oxygens (including phenoxy) is 1. The fraction of sp³-hybridized carbons (Fsp3) is 0.310. The lowest BCUT2D eigenvalue weighted by Crippen LogP contribution is -2.50. The molecule has 3 N–H and O–H groups in total. The van der Waals surface area contributed by atoms with E-state index >= 15 is 0 Å². The Labute approximate surface area is 238 Å². The summed E-state index contributed by atoms with van der Waals surface area (Å²) in [6.07, 6.45) is -0.768. The maximum absolute atomic E-state index is 13.6. The number of nitrogens with zero attached hydrogens (tertiary/aromatic N) is 2. The Morgan fingerprint density at radius 3 is 2.44 bits per heavy atom. The topological polar surface area (TPSA) is 128 Å². The number of hydrogen-bond acceptors (Lipinski definition) is 6. The Kier molecular flexibility index (Phi) is 9.26. The molecule has 0 aromatic heterocycles. The highest BCUT2D eigenvalue weighted by Crippen LogP contribution is 2.35. The molecule has 0 unspecified atom stereocenters. The van der Waals surface area contributed by atoms with E-state index < -0.39 is 45.8 Å². The summed E-state index contributed by atoms with van der Waals surface area (Å²) in [5.41, 5.74) is 0.927. The Balaban J connectivity index is 1.68. The van der Waals surface area contributed by atoms with Gasteiger partial charge in [0.25, 0.3) is 5.91 Å². The van der Waals surface area contributed by atoms with Crippen LogP contribution in [0.25, 0.3) is 0 Å². The summed E-state index contributed by atoms with van der Waals surface area (Å²) in [5, 5.41) is 15.3.